The summed E-state index contributed by atoms with van der Waals surface area (Å²) < 4.78 is 5.64. The van der Waals surface area contributed by atoms with E-state index in [2.05, 4.69) is 29.6 Å². The predicted octanol–water partition coefficient (Wildman–Crippen LogP) is 4.71. The van der Waals surface area contributed by atoms with Gasteiger partial charge in [0.1, 0.15) is 5.75 Å². The Hall–Kier alpha value is -1.94. The molecule has 2 aromatic carbocycles. The Kier molecular flexibility index (Phi) is 8.40. The van der Waals surface area contributed by atoms with Gasteiger partial charge in [0.25, 0.3) is 0 Å². The molecule has 0 spiro atoms. The van der Waals surface area contributed by atoms with Gasteiger partial charge in [-0.3, -0.25) is 4.79 Å². The predicted molar refractivity (Wildman–Crippen MR) is 105 cm³/mol. The second-order valence-electron chi connectivity index (χ2n) is 6.18. The first-order chi connectivity index (χ1) is 12.1. The van der Waals surface area contributed by atoms with Gasteiger partial charge in [-0.1, -0.05) is 30.3 Å². The van der Waals surface area contributed by atoms with Gasteiger partial charge in [-0.25, -0.2) is 0 Å². The molecule has 1 amide bonds. The second kappa shape index (κ2) is 10.8. The number of ether oxygens (including phenoxy) is 1. The number of benzene rings is 2. The fraction of sp³-hybridized carbons (Fsp3) is 0.381. The number of hydrogen-bond acceptors (Lipinski definition) is 3. The number of aryl methyl sites for hydroxylation is 1. The molecule has 0 atom stereocenters. The van der Waals surface area contributed by atoms with Gasteiger partial charge in [0.15, 0.2) is 0 Å². The third-order valence-electron chi connectivity index (χ3n) is 3.60. The lowest BCUT2D eigenvalue weighted by Gasteiger charge is -2.10. The van der Waals surface area contributed by atoms with Crippen molar-refractivity contribution in [1.82, 2.24) is 5.32 Å². The molecule has 0 saturated carbocycles. The molecule has 0 aliphatic rings. The molecule has 134 valence electrons. The third kappa shape index (κ3) is 8.12. The summed E-state index contributed by atoms with van der Waals surface area (Å²) in [7, 11) is 0. The highest BCUT2D eigenvalue weighted by atomic mass is 32.2. The van der Waals surface area contributed by atoms with Crippen LogP contribution in [0.1, 0.15) is 32.3 Å². The van der Waals surface area contributed by atoms with Gasteiger partial charge in [0, 0.05) is 23.6 Å². The Bertz CT molecular complexity index is 626. The first-order valence-electron chi connectivity index (χ1n) is 8.83. The topological polar surface area (TPSA) is 38.3 Å². The minimum Gasteiger partial charge on any atom is -0.491 e. The van der Waals surface area contributed by atoms with Crippen molar-refractivity contribution in [3.63, 3.8) is 0 Å². The van der Waals surface area contributed by atoms with E-state index < -0.39 is 0 Å². The van der Waals surface area contributed by atoms with Crippen LogP contribution >= 0.6 is 11.8 Å². The highest BCUT2D eigenvalue weighted by molar-refractivity contribution is 7.99. The summed E-state index contributed by atoms with van der Waals surface area (Å²) in [5.41, 5.74) is 1.27. The van der Waals surface area contributed by atoms with Crippen molar-refractivity contribution in [2.24, 2.45) is 0 Å². The molecule has 0 saturated heterocycles. The maximum atomic E-state index is 11.9. The van der Waals surface area contributed by atoms with Crippen LogP contribution in [0.15, 0.2) is 59.5 Å². The highest BCUT2D eigenvalue weighted by Gasteiger charge is 2.02. The van der Waals surface area contributed by atoms with Crippen molar-refractivity contribution in [3.05, 3.63) is 60.2 Å². The van der Waals surface area contributed by atoms with Gasteiger partial charge in [0.2, 0.25) is 5.91 Å². The van der Waals surface area contributed by atoms with E-state index in [9.17, 15) is 4.79 Å². The Balaban J connectivity index is 1.56. The maximum Gasteiger partial charge on any atom is 0.220 e. The molecular weight excluding hydrogens is 330 g/mol. The molecule has 2 rings (SSSR count). The normalized spacial score (nSPS) is 10.7. The quantitative estimate of drug-likeness (QED) is 0.494. The van der Waals surface area contributed by atoms with Crippen molar-refractivity contribution >= 4 is 17.7 Å². The van der Waals surface area contributed by atoms with Crippen LogP contribution in [0.5, 0.6) is 5.75 Å². The number of hydrogen-bond donors (Lipinski definition) is 1. The smallest absolute Gasteiger partial charge is 0.220 e. The molecule has 0 bridgehead atoms. The first kappa shape index (κ1) is 19.4. The van der Waals surface area contributed by atoms with E-state index in [4.69, 9.17) is 4.74 Å². The minimum atomic E-state index is 0.129. The zero-order valence-electron chi connectivity index (χ0n) is 15.0. The zero-order chi connectivity index (χ0) is 17.9. The number of nitrogens with one attached hydrogen (secondary N) is 1. The summed E-state index contributed by atoms with van der Waals surface area (Å²) in [5, 5.41) is 3.00. The summed E-state index contributed by atoms with van der Waals surface area (Å²) in [4.78, 5) is 13.1. The van der Waals surface area contributed by atoms with Crippen LogP contribution in [0.3, 0.4) is 0 Å². The van der Waals surface area contributed by atoms with Gasteiger partial charge >= 0.3 is 0 Å². The molecule has 4 heteroatoms. The Labute approximate surface area is 155 Å². The zero-order valence-corrected chi connectivity index (χ0v) is 15.9. The highest BCUT2D eigenvalue weighted by Crippen LogP contribution is 2.17. The minimum absolute atomic E-state index is 0.129. The van der Waals surface area contributed by atoms with E-state index >= 15 is 0 Å². The average molecular weight is 358 g/mol. The summed E-state index contributed by atoms with van der Waals surface area (Å²) in [5.74, 6) is 1.85. The van der Waals surface area contributed by atoms with Gasteiger partial charge in [-0.2, -0.15) is 0 Å². The summed E-state index contributed by atoms with van der Waals surface area (Å²) >= 11 is 1.72. The van der Waals surface area contributed by atoms with Gasteiger partial charge in [0.05, 0.1) is 6.10 Å². The van der Waals surface area contributed by atoms with Crippen LogP contribution in [-0.2, 0) is 11.2 Å². The van der Waals surface area contributed by atoms with Crippen LogP contribution in [0.25, 0.3) is 0 Å². The molecule has 3 nitrogen and oxygen atoms in total. The fourth-order valence-corrected chi connectivity index (χ4v) is 3.27. The summed E-state index contributed by atoms with van der Waals surface area (Å²) in [6.45, 7) is 4.77. The largest absolute Gasteiger partial charge is 0.491 e. The molecule has 0 radical (unpaired) electrons. The lowest BCUT2D eigenvalue weighted by Crippen LogP contribution is -2.24. The van der Waals surface area contributed by atoms with Crippen LogP contribution < -0.4 is 10.1 Å². The molecule has 0 aliphatic carbocycles. The summed E-state index contributed by atoms with van der Waals surface area (Å²) in [6, 6.07) is 18.4. The van der Waals surface area contributed by atoms with E-state index in [1.807, 2.05) is 44.2 Å². The fourth-order valence-electron chi connectivity index (χ4n) is 2.39. The standard InChI is InChI=1S/C21H27NO2S/c1-17(2)24-19-12-10-18(11-13-19)7-6-15-22-21(23)14-16-25-20-8-4-3-5-9-20/h3-5,8-13,17H,6-7,14-16H2,1-2H3,(H,22,23). The number of carbonyl (C=O) groups is 1. The molecule has 0 aliphatic heterocycles. The number of amides is 1. The lowest BCUT2D eigenvalue weighted by molar-refractivity contribution is -0.120. The Morgan fingerprint density at radius 3 is 2.48 bits per heavy atom. The van der Waals surface area contributed by atoms with Crippen molar-refractivity contribution in [3.8, 4) is 5.75 Å². The third-order valence-corrected chi connectivity index (χ3v) is 4.61. The van der Waals surface area contributed by atoms with E-state index in [-0.39, 0.29) is 12.0 Å². The molecule has 25 heavy (non-hydrogen) atoms. The monoisotopic (exact) mass is 357 g/mol. The number of thioether (sulfide) groups is 1. The average Bonchev–Trinajstić information content (AvgIpc) is 2.60. The number of carbonyl (C=O) groups excluding carboxylic acids is 1. The van der Waals surface area contributed by atoms with Gasteiger partial charge < -0.3 is 10.1 Å². The molecule has 0 aromatic heterocycles. The number of rotatable bonds is 10. The molecule has 1 N–H and O–H groups in total. The van der Waals surface area contributed by atoms with Crippen LogP contribution in [0.2, 0.25) is 0 Å². The second-order valence-corrected chi connectivity index (χ2v) is 7.34. The summed E-state index contributed by atoms with van der Waals surface area (Å²) in [6.07, 6.45) is 2.66. The molecule has 0 fully saturated rings. The van der Waals surface area contributed by atoms with Gasteiger partial charge in [-0.05, 0) is 56.5 Å². The first-order valence-corrected chi connectivity index (χ1v) is 9.82. The lowest BCUT2D eigenvalue weighted by atomic mass is 10.1. The van der Waals surface area contributed by atoms with E-state index in [0.29, 0.717) is 6.42 Å². The molecule has 2 aromatic rings. The van der Waals surface area contributed by atoms with Crippen molar-refractivity contribution < 1.29 is 9.53 Å². The van der Waals surface area contributed by atoms with Crippen molar-refractivity contribution in [2.75, 3.05) is 12.3 Å². The van der Waals surface area contributed by atoms with E-state index in [1.54, 1.807) is 11.8 Å². The SMILES string of the molecule is CC(C)Oc1ccc(CCCNC(=O)CCSc2ccccc2)cc1. The van der Waals surface area contributed by atoms with Crippen LogP contribution in [-0.4, -0.2) is 24.3 Å². The molecule has 0 unspecified atom stereocenters. The van der Waals surface area contributed by atoms with Gasteiger partial charge in [-0.15, -0.1) is 11.8 Å². The Morgan fingerprint density at radius 2 is 1.80 bits per heavy atom. The van der Waals surface area contributed by atoms with Crippen molar-refractivity contribution in [2.45, 2.75) is 44.1 Å². The van der Waals surface area contributed by atoms with E-state index in [1.165, 1.54) is 10.5 Å². The Morgan fingerprint density at radius 1 is 1.08 bits per heavy atom. The molecular formula is C21H27NO2S. The molecule has 0 heterocycles. The van der Waals surface area contributed by atoms with E-state index in [0.717, 1.165) is 30.9 Å². The van der Waals surface area contributed by atoms with Crippen LogP contribution in [0.4, 0.5) is 0 Å². The van der Waals surface area contributed by atoms with Crippen molar-refractivity contribution in [1.29, 1.82) is 0 Å². The maximum absolute atomic E-state index is 11.9. The van der Waals surface area contributed by atoms with Crippen LogP contribution in [0, 0.1) is 0 Å².